The van der Waals surface area contributed by atoms with E-state index in [1.807, 2.05) is 0 Å². The Labute approximate surface area is 123 Å². The molecule has 2 heterocycles. The second kappa shape index (κ2) is 5.02. The second-order valence-corrected chi connectivity index (χ2v) is 5.25. The molecule has 3 aromatic rings. The summed E-state index contributed by atoms with van der Waals surface area (Å²) in [5.41, 5.74) is 11.5. The van der Waals surface area contributed by atoms with Crippen LogP contribution in [0.1, 0.15) is 9.67 Å². The first-order valence-corrected chi connectivity index (χ1v) is 6.78. The predicted octanol–water partition coefficient (Wildman–Crippen LogP) is 2.91. The first-order chi connectivity index (χ1) is 10.1. The SMILES string of the molecule is NC(=O)c1sc2nccc(Oc3ccc(F)cc3)c2c1N. The van der Waals surface area contributed by atoms with E-state index in [4.69, 9.17) is 16.2 Å². The number of primary amides is 1. The quantitative estimate of drug-likeness (QED) is 0.778. The van der Waals surface area contributed by atoms with Gasteiger partial charge in [0.1, 0.15) is 27.0 Å². The second-order valence-electron chi connectivity index (χ2n) is 4.25. The zero-order valence-electron chi connectivity index (χ0n) is 10.7. The van der Waals surface area contributed by atoms with Crippen LogP contribution in [0.25, 0.3) is 10.2 Å². The van der Waals surface area contributed by atoms with Crippen molar-refractivity contribution in [2.24, 2.45) is 5.73 Å². The number of anilines is 1. The lowest BCUT2D eigenvalue weighted by Crippen LogP contribution is -2.10. The van der Waals surface area contributed by atoms with Crippen molar-refractivity contribution < 1.29 is 13.9 Å². The molecule has 3 rings (SSSR count). The Balaban J connectivity index is 2.10. The third-order valence-corrected chi connectivity index (χ3v) is 3.98. The highest BCUT2D eigenvalue weighted by molar-refractivity contribution is 7.21. The van der Waals surface area contributed by atoms with Crippen LogP contribution in [0.15, 0.2) is 36.5 Å². The molecule has 1 aromatic carbocycles. The predicted molar refractivity (Wildman–Crippen MR) is 79.0 cm³/mol. The fourth-order valence-corrected chi connectivity index (χ4v) is 2.85. The van der Waals surface area contributed by atoms with E-state index in [9.17, 15) is 9.18 Å². The summed E-state index contributed by atoms with van der Waals surface area (Å²) >= 11 is 1.11. The van der Waals surface area contributed by atoms with Crippen LogP contribution >= 0.6 is 11.3 Å². The monoisotopic (exact) mass is 303 g/mol. The van der Waals surface area contributed by atoms with Crippen molar-refractivity contribution in [1.82, 2.24) is 4.98 Å². The van der Waals surface area contributed by atoms with Crippen molar-refractivity contribution in [2.45, 2.75) is 0 Å². The summed E-state index contributed by atoms with van der Waals surface area (Å²) < 4.78 is 18.6. The molecule has 0 aliphatic heterocycles. The van der Waals surface area contributed by atoms with E-state index >= 15 is 0 Å². The Hall–Kier alpha value is -2.67. The minimum Gasteiger partial charge on any atom is -0.456 e. The van der Waals surface area contributed by atoms with E-state index in [2.05, 4.69) is 4.98 Å². The maximum absolute atomic E-state index is 12.9. The van der Waals surface area contributed by atoms with Gasteiger partial charge in [0.2, 0.25) is 0 Å². The molecule has 7 heteroatoms. The molecule has 2 aromatic heterocycles. The molecular formula is C14H10FN3O2S. The smallest absolute Gasteiger partial charge is 0.260 e. The van der Waals surface area contributed by atoms with Gasteiger partial charge in [-0.05, 0) is 30.3 Å². The molecule has 0 spiro atoms. The molecular weight excluding hydrogens is 293 g/mol. The number of amides is 1. The molecule has 0 unspecified atom stereocenters. The van der Waals surface area contributed by atoms with Crippen LogP contribution in [-0.2, 0) is 0 Å². The Morgan fingerprint density at radius 3 is 2.62 bits per heavy atom. The van der Waals surface area contributed by atoms with Gasteiger partial charge in [0.15, 0.2) is 0 Å². The van der Waals surface area contributed by atoms with E-state index in [-0.39, 0.29) is 16.4 Å². The van der Waals surface area contributed by atoms with E-state index in [1.54, 1.807) is 12.3 Å². The fourth-order valence-electron chi connectivity index (χ4n) is 1.91. The van der Waals surface area contributed by atoms with Gasteiger partial charge in [0.25, 0.3) is 5.91 Å². The molecule has 21 heavy (non-hydrogen) atoms. The topological polar surface area (TPSA) is 91.2 Å². The lowest BCUT2D eigenvalue weighted by molar-refractivity contribution is 0.100. The van der Waals surface area contributed by atoms with E-state index < -0.39 is 5.91 Å². The van der Waals surface area contributed by atoms with Gasteiger partial charge in [-0.15, -0.1) is 11.3 Å². The number of aromatic nitrogens is 1. The summed E-state index contributed by atoms with van der Waals surface area (Å²) in [6.45, 7) is 0. The van der Waals surface area contributed by atoms with Crippen molar-refractivity contribution in [3.05, 3.63) is 47.2 Å². The van der Waals surface area contributed by atoms with Gasteiger partial charge < -0.3 is 16.2 Å². The highest BCUT2D eigenvalue weighted by atomic mass is 32.1. The average Bonchev–Trinajstić information content (AvgIpc) is 2.80. The van der Waals surface area contributed by atoms with Gasteiger partial charge in [0.05, 0.1) is 11.1 Å². The van der Waals surface area contributed by atoms with Gasteiger partial charge in [0, 0.05) is 6.20 Å². The zero-order valence-corrected chi connectivity index (χ0v) is 11.5. The molecule has 0 bridgehead atoms. The first-order valence-electron chi connectivity index (χ1n) is 5.96. The number of carbonyl (C=O) groups is 1. The molecule has 106 valence electrons. The van der Waals surface area contributed by atoms with Crippen molar-refractivity contribution in [1.29, 1.82) is 0 Å². The Kier molecular flexibility index (Phi) is 3.19. The summed E-state index contributed by atoms with van der Waals surface area (Å²) in [5, 5.41) is 0.528. The molecule has 0 saturated carbocycles. The normalized spacial score (nSPS) is 10.7. The lowest BCUT2D eigenvalue weighted by atomic mass is 10.2. The highest BCUT2D eigenvalue weighted by Gasteiger charge is 2.18. The molecule has 0 aliphatic rings. The van der Waals surface area contributed by atoms with E-state index in [1.165, 1.54) is 24.3 Å². The zero-order chi connectivity index (χ0) is 15.0. The van der Waals surface area contributed by atoms with Crippen LogP contribution in [0.4, 0.5) is 10.1 Å². The molecule has 0 atom stereocenters. The third-order valence-electron chi connectivity index (χ3n) is 2.86. The molecule has 0 saturated heterocycles. The number of hydrogen-bond donors (Lipinski definition) is 2. The number of nitrogens with zero attached hydrogens (tertiary/aromatic N) is 1. The number of carbonyl (C=O) groups excluding carboxylic acids is 1. The minimum absolute atomic E-state index is 0.243. The van der Waals surface area contributed by atoms with E-state index in [0.717, 1.165) is 11.3 Å². The maximum Gasteiger partial charge on any atom is 0.260 e. The van der Waals surface area contributed by atoms with Crippen LogP contribution in [0.2, 0.25) is 0 Å². The largest absolute Gasteiger partial charge is 0.456 e. The Morgan fingerprint density at radius 2 is 1.95 bits per heavy atom. The fraction of sp³-hybridized carbons (Fsp3) is 0. The number of nitrogens with two attached hydrogens (primary N) is 2. The Bertz CT molecular complexity index is 830. The summed E-state index contributed by atoms with van der Waals surface area (Å²) in [6, 6.07) is 7.21. The molecule has 1 amide bonds. The van der Waals surface area contributed by atoms with Crippen molar-refractivity contribution in [3.8, 4) is 11.5 Å². The summed E-state index contributed by atoms with van der Waals surface area (Å²) in [7, 11) is 0. The maximum atomic E-state index is 12.9. The highest BCUT2D eigenvalue weighted by Crippen LogP contribution is 2.39. The number of thiophene rings is 1. The lowest BCUT2D eigenvalue weighted by Gasteiger charge is -2.07. The van der Waals surface area contributed by atoms with Gasteiger partial charge in [-0.2, -0.15) is 0 Å². The number of hydrogen-bond acceptors (Lipinski definition) is 5. The molecule has 0 aliphatic carbocycles. The summed E-state index contributed by atoms with van der Waals surface area (Å²) in [5.74, 6) is -0.0699. The number of ether oxygens (including phenoxy) is 1. The number of nitrogen functional groups attached to an aromatic ring is 1. The van der Waals surface area contributed by atoms with Crippen molar-refractivity contribution >= 4 is 33.1 Å². The Morgan fingerprint density at radius 1 is 1.24 bits per heavy atom. The minimum atomic E-state index is -0.608. The van der Waals surface area contributed by atoms with Gasteiger partial charge in [-0.1, -0.05) is 0 Å². The van der Waals surface area contributed by atoms with Gasteiger partial charge in [-0.25, -0.2) is 9.37 Å². The molecule has 0 radical (unpaired) electrons. The van der Waals surface area contributed by atoms with Crippen LogP contribution in [0, 0.1) is 5.82 Å². The van der Waals surface area contributed by atoms with Crippen molar-refractivity contribution in [3.63, 3.8) is 0 Å². The molecule has 4 N–H and O–H groups in total. The van der Waals surface area contributed by atoms with Crippen LogP contribution in [-0.4, -0.2) is 10.9 Å². The third kappa shape index (κ3) is 2.38. The summed E-state index contributed by atoms with van der Waals surface area (Å²) in [4.78, 5) is 16.3. The van der Waals surface area contributed by atoms with Crippen LogP contribution in [0.3, 0.4) is 0 Å². The van der Waals surface area contributed by atoms with Crippen LogP contribution in [0.5, 0.6) is 11.5 Å². The number of halogens is 1. The summed E-state index contributed by atoms with van der Waals surface area (Å²) in [6.07, 6.45) is 1.54. The van der Waals surface area contributed by atoms with Gasteiger partial charge >= 0.3 is 0 Å². The number of pyridine rings is 1. The van der Waals surface area contributed by atoms with Gasteiger partial charge in [-0.3, -0.25) is 4.79 Å². The molecule has 5 nitrogen and oxygen atoms in total. The average molecular weight is 303 g/mol. The standard InChI is InChI=1S/C14H10FN3O2S/c15-7-1-3-8(4-2-7)20-9-5-6-18-14-10(9)11(16)12(21-14)13(17)19/h1-6H,16H2,(H2,17,19). The molecule has 0 fully saturated rings. The van der Waals surface area contributed by atoms with Crippen LogP contribution < -0.4 is 16.2 Å². The van der Waals surface area contributed by atoms with Crippen molar-refractivity contribution in [2.75, 3.05) is 5.73 Å². The number of rotatable bonds is 3. The first kappa shape index (κ1) is 13.3. The number of benzene rings is 1. The van der Waals surface area contributed by atoms with E-state index in [0.29, 0.717) is 21.7 Å². The number of fused-ring (bicyclic) bond motifs is 1.